The molecular weight excluding hydrogens is 308 g/mol. The van der Waals surface area contributed by atoms with E-state index in [0.717, 1.165) is 18.4 Å². The summed E-state index contributed by atoms with van der Waals surface area (Å²) in [4.78, 5) is 4.22. The number of phenols is 1. The number of methoxy groups -OCH3 is 1. The predicted octanol–water partition coefficient (Wildman–Crippen LogP) is 3.61. The average molecular weight is 328 g/mol. The highest BCUT2D eigenvalue weighted by Gasteiger charge is 2.18. The summed E-state index contributed by atoms with van der Waals surface area (Å²) in [6.45, 7) is 4.10. The van der Waals surface area contributed by atoms with E-state index in [1.807, 2.05) is 19.9 Å². The lowest BCUT2D eigenvalue weighted by Crippen LogP contribution is -1.95. The van der Waals surface area contributed by atoms with Gasteiger partial charge in [-0.1, -0.05) is 13.8 Å². The van der Waals surface area contributed by atoms with Crippen molar-refractivity contribution in [1.82, 2.24) is 4.98 Å². The van der Waals surface area contributed by atoms with E-state index in [4.69, 9.17) is 14.4 Å². The van der Waals surface area contributed by atoms with Gasteiger partial charge in [0.05, 0.1) is 13.3 Å². The molecule has 2 rings (SSSR count). The molecule has 0 saturated carbocycles. The van der Waals surface area contributed by atoms with Crippen LogP contribution >= 0.6 is 0 Å². The second-order valence-corrected chi connectivity index (χ2v) is 5.16. The fourth-order valence-electron chi connectivity index (χ4n) is 2.24. The molecule has 0 fully saturated rings. The number of aromatic hydroxyl groups is 1. The van der Waals surface area contributed by atoms with Crippen molar-refractivity contribution in [3.63, 3.8) is 0 Å². The van der Waals surface area contributed by atoms with Crippen molar-refractivity contribution in [3.8, 4) is 17.6 Å². The molecule has 0 atom stereocenters. The van der Waals surface area contributed by atoms with Gasteiger partial charge in [0.15, 0.2) is 11.5 Å². The Morgan fingerprint density at radius 2 is 2.21 bits per heavy atom. The maximum Gasteiger partial charge on any atom is 0.252 e. The van der Waals surface area contributed by atoms with E-state index in [9.17, 15) is 5.11 Å². The van der Waals surface area contributed by atoms with Crippen LogP contribution in [0.2, 0.25) is 0 Å². The van der Waals surface area contributed by atoms with Crippen LogP contribution < -0.4 is 10.2 Å². The summed E-state index contributed by atoms with van der Waals surface area (Å²) >= 11 is 0. The summed E-state index contributed by atoms with van der Waals surface area (Å²) < 4.78 is 10.7. The Morgan fingerprint density at radius 1 is 1.46 bits per heavy atom. The summed E-state index contributed by atoms with van der Waals surface area (Å²) in [6, 6.07) is 6.84. The molecule has 0 saturated heterocycles. The zero-order valence-corrected chi connectivity index (χ0v) is 13.9. The molecule has 1 aromatic carbocycles. The van der Waals surface area contributed by atoms with Crippen LogP contribution in [0.25, 0.3) is 0 Å². The number of nitrogens with one attached hydrogen (secondary N) is 1. The van der Waals surface area contributed by atoms with Gasteiger partial charge >= 0.3 is 0 Å². The van der Waals surface area contributed by atoms with Crippen molar-refractivity contribution < 1.29 is 14.3 Å². The van der Waals surface area contributed by atoms with Crippen LogP contribution in [0.1, 0.15) is 49.8 Å². The Labute approximate surface area is 140 Å². The molecule has 24 heavy (non-hydrogen) atoms. The zero-order valence-electron chi connectivity index (χ0n) is 13.9. The molecule has 0 spiro atoms. The SMILES string of the molecule is CCC(CC)c1nc(C#N)c(N/N=C/c2ccc(O)c(OC)c2)o1. The van der Waals surface area contributed by atoms with Gasteiger partial charge in [-0.2, -0.15) is 10.4 Å². The Morgan fingerprint density at radius 3 is 2.83 bits per heavy atom. The number of benzene rings is 1. The molecule has 0 aliphatic carbocycles. The first-order valence-corrected chi connectivity index (χ1v) is 7.69. The van der Waals surface area contributed by atoms with E-state index in [2.05, 4.69) is 15.5 Å². The number of hydrogen-bond donors (Lipinski definition) is 2. The minimum atomic E-state index is 0.0550. The van der Waals surface area contributed by atoms with E-state index in [1.54, 1.807) is 12.1 Å². The van der Waals surface area contributed by atoms with Crippen molar-refractivity contribution in [3.05, 3.63) is 35.3 Å². The van der Waals surface area contributed by atoms with Gasteiger partial charge in [-0.15, -0.1) is 0 Å². The average Bonchev–Trinajstić information content (AvgIpc) is 3.00. The number of hydrazone groups is 1. The Kier molecular flexibility index (Phi) is 5.79. The number of nitriles is 1. The van der Waals surface area contributed by atoms with Crippen molar-refractivity contribution >= 4 is 12.1 Å². The normalized spacial score (nSPS) is 11.0. The lowest BCUT2D eigenvalue weighted by Gasteiger charge is -2.05. The van der Waals surface area contributed by atoms with E-state index < -0.39 is 0 Å². The predicted molar refractivity (Wildman–Crippen MR) is 90.4 cm³/mol. The fraction of sp³-hybridized carbons (Fsp3) is 0.353. The lowest BCUT2D eigenvalue weighted by molar-refractivity contribution is 0.373. The lowest BCUT2D eigenvalue weighted by atomic mass is 10.0. The number of rotatable bonds is 7. The maximum atomic E-state index is 9.56. The Bertz CT molecular complexity index is 758. The van der Waals surface area contributed by atoms with Gasteiger partial charge in [-0.3, -0.25) is 0 Å². The molecule has 0 amide bonds. The summed E-state index contributed by atoms with van der Waals surface area (Å²) in [6.07, 6.45) is 3.30. The van der Waals surface area contributed by atoms with Gasteiger partial charge in [0.1, 0.15) is 6.07 Å². The molecule has 0 radical (unpaired) electrons. The second-order valence-electron chi connectivity index (χ2n) is 5.16. The van der Waals surface area contributed by atoms with Crippen LogP contribution in [0.5, 0.6) is 11.5 Å². The summed E-state index contributed by atoms with van der Waals surface area (Å²) in [5, 5.41) is 22.8. The van der Waals surface area contributed by atoms with Gasteiger partial charge in [0, 0.05) is 5.92 Å². The van der Waals surface area contributed by atoms with Crippen LogP contribution in [-0.4, -0.2) is 23.4 Å². The fourth-order valence-corrected chi connectivity index (χ4v) is 2.24. The number of hydrogen-bond acceptors (Lipinski definition) is 7. The van der Waals surface area contributed by atoms with Gasteiger partial charge in [-0.25, -0.2) is 10.4 Å². The quantitative estimate of drug-likeness (QED) is 0.594. The largest absolute Gasteiger partial charge is 0.504 e. The van der Waals surface area contributed by atoms with Gasteiger partial charge in [0.2, 0.25) is 11.6 Å². The van der Waals surface area contributed by atoms with Crippen molar-refractivity contribution in [2.75, 3.05) is 12.5 Å². The van der Waals surface area contributed by atoms with E-state index in [1.165, 1.54) is 19.4 Å². The Hall–Kier alpha value is -3.01. The number of aromatic nitrogens is 1. The summed E-state index contributed by atoms with van der Waals surface area (Å²) in [5.74, 6) is 1.35. The highest BCUT2D eigenvalue weighted by Crippen LogP contribution is 2.27. The van der Waals surface area contributed by atoms with Crippen LogP contribution in [0.15, 0.2) is 27.7 Å². The highest BCUT2D eigenvalue weighted by atomic mass is 16.5. The van der Waals surface area contributed by atoms with Gasteiger partial charge < -0.3 is 14.3 Å². The standard InChI is InChI=1S/C17H20N4O3/c1-4-12(5-2)16-20-13(9-18)17(24-16)21-19-10-11-6-7-14(22)15(8-11)23-3/h6-8,10,12,21-22H,4-5H2,1-3H3/b19-10+. The molecule has 2 aromatic rings. The maximum absolute atomic E-state index is 9.56. The van der Waals surface area contributed by atoms with Crippen LogP contribution in [0.4, 0.5) is 5.88 Å². The third-order valence-corrected chi connectivity index (χ3v) is 3.67. The Balaban J connectivity index is 2.15. The molecule has 0 aliphatic rings. The number of ether oxygens (including phenoxy) is 1. The smallest absolute Gasteiger partial charge is 0.252 e. The monoisotopic (exact) mass is 328 g/mol. The first-order chi connectivity index (χ1) is 11.6. The van der Waals surface area contributed by atoms with E-state index in [0.29, 0.717) is 11.6 Å². The molecular formula is C17H20N4O3. The molecule has 0 bridgehead atoms. The summed E-state index contributed by atoms with van der Waals surface area (Å²) in [5.41, 5.74) is 3.60. The molecule has 2 N–H and O–H groups in total. The molecule has 0 unspecified atom stereocenters. The minimum absolute atomic E-state index is 0.0550. The molecule has 126 valence electrons. The van der Waals surface area contributed by atoms with Crippen LogP contribution in [-0.2, 0) is 0 Å². The van der Waals surface area contributed by atoms with E-state index in [-0.39, 0.29) is 23.2 Å². The van der Waals surface area contributed by atoms with Gasteiger partial charge in [0.25, 0.3) is 5.88 Å². The van der Waals surface area contributed by atoms with Crippen molar-refractivity contribution in [1.29, 1.82) is 5.26 Å². The molecule has 1 heterocycles. The number of oxazole rings is 1. The van der Waals surface area contributed by atoms with Crippen LogP contribution in [0, 0.1) is 11.3 Å². The topological polar surface area (TPSA) is 104 Å². The van der Waals surface area contributed by atoms with Crippen molar-refractivity contribution in [2.45, 2.75) is 32.6 Å². The third-order valence-electron chi connectivity index (χ3n) is 3.67. The number of anilines is 1. The minimum Gasteiger partial charge on any atom is -0.504 e. The first-order valence-electron chi connectivity index (χ1n) is 7.69. The number of phenolic OH excluding ortho intramolecular Hbond substituents is 1. The molecule has 1 aromatic heterocycles. The van der Waals surface area contributed by atoms with Crippen molar-refractivity contribution in [2.24, 2.45) is 5.10 Å². The first kappa shape index (κ1) is 17.3. The molecule has 0 aliphatic heterocycles. The molecule has 7 nitrogen and oxygen atoms in total. The summed E-state index contributed by atoms with van der Waals surface area (Å²) in [7, 11) is 1.47. The van der Waals surface area contributed by atoms with Crippen LogP contribution in [0.3, 0.4) is 0 Å². The van der Waals surface area contributed by atoms with E-state index >= 15 is 0 Å². The van der Waals surface area contributed by atoms with Gasteiger partial charge in [-0.05, 0) is 36.6 Å². The zero-order chi connectivity index (χ0) is 17.5. The third kappa shape index (κ3) is 3.84. The second kappa shape index (κ2) is 8.02. The highest BCUT2D eigenvalue weighted by molar-refractivity contribution is 5.81. The number of nitrogens with zero attached hydrogens (tertiary/aromatic N) is 3. The molecule has 7 heteroatoms.